The van der Waals surface area contributed by atoms with Crippen LogP contribution < -0.4 is 0 Å². The summed E-state index contributed by atoms with van der Waals surface area (Å²) in [6, 6.07) is 37.7. The number of aromatic nitrogens is 2. The average molecular weight is 490 g/mol. The highest BCUT2D eigenvalue weighted by atomic mass is 15.0. The molecular formula is C36H24N2. The van der Waals surface area contributed by atoms with E-state index in [2.05, 4.69) is 81.9 Å². The van der Waals surface area contributed by atoms with Gasteiger partial charge in [-0.3, -0.25) is 0 Å². The summed E-state index contributed by atoms with van der Waals surface area (Å²) in [6.45, 7) is 0. The smallest absolute Gasteiger partial charge is 0.0629 e. The van der Waals surface area contributed by atoms with E-state index < -0.39 is 6.04 Å². The topological polar surface area (TPSA) is 9.86 Å². The van der Waals surface area contributed by atoms with Crippen LogP contribution in [0.5, 0.6) is 0 Å². The Kier molecular flexibility index (Phi) is 3.60. The van der Waals surface area contributed by atoms with Gasteiger partial charge in [0.05, 0.1) is 28.9 Å². The third kappa shape index (κ3) is 3.01. The van der Waals surface area contributed by atoms with Gasteiger partial charge in [-0.15, -0.1) is 0 Å². The van der Waals surface area contributed by atoms with E-state index in [1.54, 1.807) is 0 Å². The molecule has 0 amide bonds. The molecule has 178 valence electrons. The lowest BCUT2D eigenvalue weighted by Gasteiger charge is -2.11. The zero-order chi connectivity index (χ0) is 29.4. The van der Waals surface area contributed by atoms with Crippen LogP contribution in [-0.2, 0) is 0 Å². The first-order chi connectivity index (χ1) is 21.0. The SMILES string of the molecule is [2H]c1c([2H])c([2H])c(-c2cccc3c2c2ccccc2n3-c2ccc3c(c2)c2ccccc2n3-c2ccccc2)c([2H])c1[2H]. The fourth-order valence-corrected chi connectivity index (χ4v) is 5.85. The lowest BCUT2D eigenvalue weighted by Crippen LogP contribution is -1.95. The molecule has 2 heterocycles. The van der Waals surface area contributed by atoms with Gasteiger partial charge >= 0.3 is 0 Å². The molecule has 0 aliphatic heterocycles. The van der Waals surface area contributed by atoms with E-state index >= 15 is 0 Å². The largest absolute Gasteiger partial charge is 0.309 e. The second kappa shape index (κ2) is 8.22. The maximum absolute atomic E-state index is 8.69. The second-order valence-electron chi connectivity index (χ2n) is 9.44. The third-order valence-corrected chi connectivity index (χ3v) is 7.40. The molecule has 0 spiro atoms. The molecule has 2 nitrogen and oxygen atoms in total. The van der Waals surface area contributed by atoms with Gasteiger partial charge < -0.3 is 9.13 Å². The van der Waals surface area contributed by atoms with Gasteiger partial charge in [-0.25, -0.2) is 0 Å². The molecule has 8 aromatic rings. The first-order valence-electron chi connectivity index (χ1n) is 15.1. The highest BCUT2D eigenvalue weighted by Gasteiger charge is 2.18. The predicted molar refractivity (Wildman–Crippen MR) is 161 cm³/mol. The van der Waals surface area contributed by atoms with Crippen molar-refractivity contribution in [1.29, 1.82) is 0 Å². The first kappa shape index (κ1) is 16.6. The predicted octanol–water partition coefficient (Wildman–Crippen LogP) is 9.55. The lowest BCUT2D eigenvalue weighted by molar-refractivity contribution is 1.17. The van der Waals surface area contributed by atoms with E-state index in [0.717, 1.165) is 55.0 Å². The number of rotatable bonds is 3. The van der Waals surface area contributed by atoms with Crippen molar-refractivity contribution in [3.05, 3.63) is 145 Å². The Bertz CT molecular complexity index is 2370. The average Bonchev–Trinajstić information content (AvgIpc) is 3.56. The van der Waals surface area contributed by atoms with E-state index in [1.165, 1.54) is 0 Å². The van der Waals surface area contributed by atoms with Crippen LogP contribution in [0, 0.1) is 0 Å². The van der Waals surface area contributed by atoms with Crippen molar-refractivity contribution >= 4 is 43.6 Å². The van der Waals surface area contributed by atoms with Crippen LogP contribution in [0.15, 0.2) is 145 Å². The Balaban J connectivity index is 1.46. The highest BCUT2D eigenvalue weighted by molar-refractivity contribution is 6.16. The van der Waals surface area contributed by atoms with Gasteiger partial charge in [-0.05, 0) is 59.7 Å². The van der Waals surface area contributed by atoms with E-state index in [-0.39, 0.29) is 29.7 Å². The Hall–Kier alpha value is -5.08. The molecule has 6 aromatic carbocycles. The zero-order valence-electron chi connectivity index (χ0n) is 25.4. The quantitative estimate of drug-likeness (QED) is 0.234. The van der Waals surface area contributed by atoms with Gasteiger partial charge in [0.15, 0.2) is 0 Å². The van der Waals surface area contributed by atoms with Crippen molar-refractivity contribution in [2.45, 2.75) is 0 Å². The van der Waals surface area contributed by atoms with Crippen LogP contribution in [0.1, 0.15) is 6.85 Å². The van der Waals surface area contributed by atoms with E-state index in [4.69, 9.17) is 6.85 Å². The van der Waals surface area contributed by atoms with Crippen molar-refractivity contribution in [3.63, 3.8) is 0 Å². The molecule has 2 aromatic heterocycles. The van der Waals surface area contributed by atoms with Gasteiger partial charge in [0.2, 0.25) is 0 Å². The van der Waals surface area contributed by atoms with Crippen LogP contribution in [-0.4, -0.2) is 9.13 Å². The summed E-state index contributed by atoms with van der Waals surface area (Å²) in [5.74, 6) is 0. The lowest BCUT2D eigenvalue weighted by atomic mass is 9.99. The van der Waals surface area contributed by atoms with Crippen molar-refractivity contribution in [1.82, 2.24) is 9.13 Å². The van der Waals surface area contributed by atoms with E-state index in [1.807, 2.05) is 42.5 Å². The Morgan fingerprint density at radius 1 is 0.447 bits per heavy atom. The third-order valence-electron chi connectivity index (χ3n) is 7.40. The molecule has 38 heavy (non-hydrogen) atoms. The summed E-state index contributed by atoms with van der Waals surface area (Å²) in [6.07, 6.45) is 0. The normalized spacial score (nSPS) is 13.5. The van der Waals surface area contributed by atoms with Crippen molar-refractivity contribution < 1.29 is 6.85 Å². The molecule has 0 N–H and O–H groups in total. The minimum Gasteiger partial charge on any atom is -0.309 e. The fraction of sp³-hybridized carbons (Fsp3) is 0. The van der Waals surface area contributed by atoms with Crippen LogP contribution in [0.4, 0.5) is 0 Å². The molecule has 0 fully saturated rings. The molecule has 0 aliphatic carbocycles. The second-order valence-corrected chi connectivity index (χ2v) is 9.44. The number of hydrogen-bond acceptors (Lipinski definition) is 0. The van der Waals surface area contributed by atoms with Gasteiger partial charge in [-0.1, -0.05) is 96.9 Å². The molecule has 8 rings (SSSR count). The summed E-state index contributed by atoms with van der Waals surface area (Å²) in [4.78, 5) is 0. The van der Waals surface area contributed by atoms with Crippen molar-refractivity contribution in [2.75, 3.05) is 0 Å². The number of hydrogen-bond donors (Lipinski definition) is 0. The van der Waals surface area contributed by atoms with E-state index in [0.29, 0.717) is 5.56 Å². The molecule has 2 heteroatoms. The van der Waals surface area contributed by atoms with Crippen molar-refractivity contribution in [2.24, 2.45) is 0 Å². The minimum absolute atomic E-state index is 0.203. The van der Waals surface area contributed by atoms with Gasteiger partial charge in [0.1, 0.15) is 0 Å². The Labute approximate surface area is 227 Å². The van der Waals surface area contributed by atoms with Crippen LogP contribution >= 0.6 is 0 Å². The summed E-state index contributed by atoms with van der Waals surface area (Å²) >= 11 is 0. The molecule has 0 saturated heterocycles. The summed E-state index contributed by atoms with van der Waals surface area (Å²) in [5.41, 5.74) is 7.02. The summed E-state index contributed by atoms with van der Waals surface area (Å²) < 4.78 is 46.5. The number of para-hydroxylation sites is 3. The molecular weight excluding hydrogens is 460 g/mol. The van der Waals surface area contributed by atoms with Gasteiger partial charge in [0, 0.05) is 32.9 Å². The maximum Gasteiger partial charge on any atom is 0.0629 e. The number of fused-ring (bicyclic) bond motifs is 6. The highest BCUT2D eigenvalue weighted by Crippen LogP contribution is 2.40. The molecule has 0 aliphatic rings. The zero-order valence-corrected chi connectivity index (χ0v) is 20.4. The first-order valence-corrected chi connectivity index (χ1v) is 12.6. The maximum atomic E-state index is 8.69. The summed E-state index contributed by atoms with van der Waals surface area (Å²) in [7, 11) is 0. The standard InChI is InChI=1S/C36H24N2/c1-3-12-25(13-4-1)28-18-11-21-35-36(28)30-17-8-10-20-33(30)38(35)27-22-23-34-31(24-27)29-16-7-9-19-32(29)37(34)26-14-5-2-6-15-26/h1-24H/i1D,3D,4D,12D,13D. The molecule has 0 radical (unpaired) electrons. The summed E-state index contributed by atoms with van der Waals surface area (Å²) in [5, 5.41) is 4.09. The Morgan fingerprint density at radius 3 is 1.89 bits per heavy atom. The molecule has 0 unspecified atom stereocenters. The van der Waals surface area contributed by atoms with Gasteiger partial charge in [-0.2, -0.15) is 0 Å². The molecule has 0 atom stereocenters. The van der Waals surface area contributed by atoms with E-state index in [9.17, 15) is 0 Å². The Morgan fingerprint density at radius 2 is 1.08 bits per heavy atom. The van der Waals surface area contributed by atoms with Crippen LogP contribution in [0.3, 0.4) is 0 Å². The number of nitrogens with zero attached hydrogens (tertiary/aromatic N) is 2. The van der Waals surface area contributed by atoms with Crippen LogP contribution in [0.25, 0.3) is 66.1 Å². The molecule has 0 saturated carbocycles. The number of benzene rings is 6. The van der Waals surface area contributed by atoms with Crippen LogP contribution in [0.2, 0.25) is 0 Å². The molecule has 0 bridgehead atoms. The minimum atomic E-state index is -0.392. The fourth-order valence-electron chi connectivity index (χ4n) is 5.85. The van der Waals surface area contributed by atoms with Crippen molar-refractivity contribution in [3.8, 4) is 22.5 Å². The monoisotopic (exact) mass is 489 g/mol. The van der Waals surface area contributed by atoms with Gasteiger partial charge in [0.25, 0.3) is 0 Å².